The molecule has 0 aliphatic rings. The number of carbonyl (C=O) groups excluding carboxylic acids is 1. The lowest BCUT2D eigenvalue weighted by Crippen LogP contribution is -2.15. The van der Waals surface area contributed by atoms with Gasteiger partial charge in [0, 0.05) is 0 Å². The Bertz CT molecular complexity index is 946. The van der Waals surface area contributed by atoms with Gasteiger partial charge in [0.05, 0.1) is 24.5 Å². The Morgan fingerprint density at radius 3 is 2.50 bits per heavy atom. The fourth-order valence-corrected chi connectivity index (χ4v) is 3.25. The van der Waals surface area contributed by atoms with Crippen LogP contribution in [0.4, 0.5) is 13.9 Å². The molecule has 3 rings (SSSR count). The number of hydrogen-bond acceptors (Lipinski definition) is 6. The van der Waals surface area contributed by atoms with Crippen molar-refractivity contribution in [2.24, 2.45) is 0 Å². The average molecular weight is 380 g/mol. The maximum absolute atomic E-state index is 12.7. The summed E-state index contributed by atoms with van der Waals surface area (Å²) < 4.78 is 40.9. The molecular formula is C17H14F2N2O4S. The molecule has 0 unspecified atom stereocenters. The Balaban J connectivity index is 1.93. The number of hydrogen-bond donors (Lipinski definition) is 1. The second-order valence-corrected chi connectivity index (χ2v) is 6.03. The van der Waals surface area contributed by atoms with Gasteiger partial charge in [0.2, 0.25) is 0 Å². The molecule has 136 valence electrons. The molecule has 0 aliphatic carbocycles. The number of carbonyl (C=O) groups is 1. The molecule has 0 saturated carbocycles. The van der Waals surface area contributed by atoms with E-state index in [-0.39, 0.29) is 17.1 Å². The Kier molecular flexibility index (Phi) is 5.17. The largest absolute Gasteiger partial charge is 0.494 e. The van der Waals surface area contributed by atoms with Gasteiger partial charge < -0.3 is 14.2 Å². The molecule has 0 radical (unpaired) electrons. The Labute approximate surface area is 151 Å². The Morgan fingerprint density at radius 1 is 1.12 bits per heavy atom. The van der Waals surface area contributed by atoms with Gasteiger partial charge >= 0.3 is 6.61 Å². The first-order valence-electron chi connectivity index (χ1n) is 7.40. The minimum atomic E-state index is -3.09. The highest BCUT2D eigenvalue weighted by Gasteiger charge is 2.21. The van der Waals surface area contributed by atoms with Crippen molar-refractivity contribution >= 4 is 32.6 Å². The normalized spacial score (nSPS) is 10.8. The van der Waals surface area contributed by atoms with Crippen LogP contribution in [0, 0.1) is 0 Å². The van der Waals surface area contributed by atoms with E-state index in [1.54, 1.807) is 6.07 Å². The number of anilines is 1. The van der Waals surface area contributed by atoms with Crippen LogP contribution in [0.2, 0.25) is 0 Å². The molecular weight excluding hydrogens is 366 g/mol. The molecule has 26 heavy (non-hydrogen) atoms. The zero-order valence-electron chi connectivity index (χ0n) is 13.8. The SMILES string of the molecule is COc1cccc(C(=O)Nc2nc3c(OC)cccc3s2)c1OC(F)F. The smallest absolute Gasteiger partial charge is 0.387 e. The summed E-state index contributed by atoms with van der Waals surface area (Å²) in [4.78, 5) is 16.9. The summed E-state index contributed by atoms with van der Waals surface area (Å²) >= 11 is 1.24. The van der Waals surface area contributed by atoms with Gasteiger partial charge in [0.1, 0.15) is 11.3 Å². The average Bonchev–Trinajstić information content (AvgIpc) is 3.03. The van der Waals surface area contributed by atoms with Gasteiger partial charge in [-0.15, -0.1) is 0 Å². The van der Waals surface area contributed by atoms with Gasteiger partial charge in [0.25, 0.3) is 5.91 Å². The molecule has 1 amide bonds. The van der Waals surface area contributed by atoms with Crippen LogP contribution in [0.3, 0.4) is 0 Å². The number of halogens is 2. The topological polar surface area (TPSA) is 69.7 Å². The fraction of sp³-hybridized carbons (Fsp3) is 0.176. The summed E-state index contributed by atoms with van der Waals surface area (Å²) in [5.41, 5.74) is 0.515. The third-order valence-corrected chi connectivity index (χ3v) is 4.41. The van der Waals surface area contributed by atoms with Crippen molar-refractivity contribution in [3.05, 3.63) is 42.0 Å². The number of alkyl halides is 2. The van der Waals surface area contributed by atoms with E-state index in [9.17, 15) is 13.6 Å². The first-order chi connectivity index (χ1) is 12.5. The third kappa shape index (κ3) is 3.52. The fourth-order valence-electron chi connectivity index (χ4n) is 2.37. The predicted octanol–water partition coefficient (Wildman–Crippen LogP) is 4.17. The lowest BCUT2D eigenvalue weighted by molar-refractivity contribution is -0.0515. The number of amides is 1. The van der Waals surface area contributed by atoms with Crippen LogP contribution in [-0.2, 0) is 0 Å². The number of para-hydroxylation sites is 2. The highest BCUT2D eigenvalue weighted by molar-refractivity contribution is 7.22. The molecule has 1 aromatic heterocycles. The number of fused-ring (bicyclic) bond motifs is 1. The van der Waals surface area contributed by atoms with Crippen LogP contribution in [0.25, 0.3) is 10.2 Å². The van der Waals surface area contributed by atoms with Crippen molar-refractivity contribution < 1.29 is 27.8 Å². The third-order valence-electron chi connectivity index (χ3n) is 3.47. The summed E-state index contributed by atoms with van der Waals surface area (Å²) in [5, 5.41) is 2.90. The monoisotopic (exact) mass is 380 g/mol. The zero-order chi connectivity index (χ0) is 18.7. The van der Waals surface area contributed by atoms with Gasteiger partial charge in [0.15, 0.2) is 16.6 Å². The second kappa shape index (κ2) is 7.52. The number of methoxy groups -OCH3 is 2. The summed E-state index contributed by atoms with van der Waals surface area (Å²) in [5.74, 6) is -0.370. The molecule has 0 atom stereocenters. The zero-order valence-corrected chi connectivity index (χ0v) is 14.6. The second-order valence-electron chi connectivity index (χ2n) is 5.00. The van der Waals surface area contributed by atoms with Crippen LogP contribution >= 0.6 is 11.3 Å². The number of ether oxygens (including phenoxy) is 3. The van der Waals surface area contributed by atoms with Crippen LogP contribution in [0.15, 0.2) is 36.4 Å². The summed E-state index contributed by atoms with van der Waals surface area (Å²) in [6.07, 6.45) is 0. The summed E-state index contributed by atoms with van der Waals surface area (Å²) in [6, 6.07) is 9.70. The molecule has 0 spiro atoms. The minimum absolute atomic E-state index is 0.0314. The van der Waals surface area contributed by atoms with Crippen molar-refractivity contribution in [1.29, 1.82) is 0 Å². The molecule has 1 N–H and O–H groups in total. The summed E-state index contributed by atoms with van der Waals surface area (Å²) in [7, 11) is 2.83. The van der Waals surface area contributed by atoms with E-state index in [1.165, 1.54) is 43.8 Å². The van der Waals surface area contributed by atoms with E-state index in [4.69, 9.17) is 9.47 Å². The van der Waals surface area contributed by atoms with E-state index in [0.717, 1.165) is 4.70 Å². The molecule has 0 saturated heterocycles. The van der Waals surface area contributed by atoms with Gasteiger partial charge in [-0.1, -0.05) is 23.5 Å². The van der Waals surface area contributed by atoms with E-state index >= 15 is 0 Å². The highest BCUT2D eigenvalue weighted by atomic mass is 32.1. The first-order valence-corrected chi connectivity index (χ1v) is 8.22. The van der Waals surface area contributed by atoms with E-state index in [1.807, 2.05) is 12.1 Å². The molecule has 9 heteroatoms. The maximum Gasteiger partial charge on any atom is 0.387 e. The molecule has 0 fully saturated rings. The van der Waals surface area contributed by atoms with Crippen LogP contribution in [0.1, 0.15) is 10.4 Å². The maximum atomic E-state index is 12.7. The van der Waals surface area contributed by atoms with Crippen LogP contribution < -0.4 is 19.5 Å². The van der Waals surface area contributed by atoms with Gasteiger partial charge in [-0.25, -0.2) is 4.98 Å². The van der Waals surface area contributed by atoms with Crippen molar-refractivity contribution in [1.82, 2.24) is 4.98 Å². The lowest BCUT2D eigenvalue weighted by Gasteiger charge is -2.13. The lowest BCUT2D eigenvalue weighted by atomic mass is 10.1. The molecule has 6 nitrogen and oxygen atoms in total. The number of thiazole rings is 1. The van der Waals surface area contributed by atoms with Crippen molar-refractivity contribution in [3.8, 4) is 17.2 Å². The van der Waals surface area contributed by atoms with Gasteiger partial charge in [-0.2, -0.15) is 8.78 Å². The molecule has 3 aromatic rings. The van der Waals surface area contributed by atoms with Crippen LogP contribution in [0.5, 0.6) is 17.2 Å². The number of aromatic nitrogens is 1. The van der Waals surface area contributed by atoms with E-state index in [2.05, 4.69) is 15.0 Å². The minimum Gasteiger partial charge on any atom is -0.494 e. The predicted molar refractivity (Wildman–Crippen MR) is 93.8 cm³/mol. The number of benzene rings is 2. The Morgan fingerprint density at radius 2 is 1.81 bits per heavy atom. The molecule has 0 aliphatic heterocycles. The van der Waals surface area contributed by atoms with Crippen molar-refractivity contribution in [3.63, 3.8) is 0 Å². The number of rotatable bonds is 6. The molecule has 1 heterocycles. The van der Waals surface area contributed by atoms with Gasteiger partial charge in [-0.3, -0.25) is 10.1 Å². The molecule has 2 aromatic carbocycles. The number of nitrogens with zero attached hydrogens (tertiary/aromatic N) is 1. The van der Waals surface area contributed by atoms with Crippen LogP contribution in [-0.4, -0.2) is 31.7 Å². The quantitative estimate of drug-likeness (QED) is 0.695. The van der Waals surface area contributed by atoms with E-state index < -0.39 is 12.5 Å². The highest BCUT2D eigenvalue weighted by Crippen LogP contribution is 2.35. The standard InChI is InChI=1S/C17H14F2N2O4S/c1-23-10-6-4-8-12-13(10)20-17(26-12)21-15(22)9-5-3-7-11(24-2)14(9)25-16(18)19/h3-8,16H,1-2H3,(H,20,21,22). The molecule has 0 bridgehead atoms. The van der Waals surface area contributed by atoms with Gasteiger partial charge in [-0.05, 0) is 24.3 Å². The number of nitrogens with one attached hydrogen (secondary N) is 1. The first kappa shape index (κ1) is 17.9. The summed E-state index contributed by atoms with van der Waals surface area (Å²) in [6.45, 7) is -3.09. The Hall–Kier alpha value is -2.94. The van der Waals surface area contributed by atoms with E-state index in [0.29, 0.717) is 16.4 Å². The van der Waals surface area contributed by atoms with Crippen molar-refractivity contribution in [2.75, 3.05) is 19.5 Å². The van der Waals surface area contributed by atoms with Crippen molar-refractivity contribution in [2.45, 2.75) is 6.61 Å².